The molecule has 0 radical (unpaired) electrons. The van der Waals surface area contributed by atoms with Gasteiger partial charge in [0.1, 0.15) is 0 Å². The van der Waals surface area contributed by atoms with Crippen molar-refractivity contribution in [2.24, 2.45) is 5.92 Å². The molecular formula is C11H12BrN3O2. The molecule has 0 aliphatic rings. The third-order valence-corrected chi connectivity index (χ3v) is 2.96. The first kappa shape index (κ1) is 13.5. The van der Waals surface area contributed by atoms with Gasteiger partial charge in [-0.25, -0.2) is 0 Å². The fourth-order valence-electron chi connectivity index (χ4n) is 1.47. The minimum absolute atomic E-state index is 0.0438. The zero-order valence-corrected chi connectivity index (χ0v) is 11.1. The molecule has 1 aromatic carbocycles. The quantitative estimate of drug-likeness (QED) is 0.633. The lowest BCUT2D eigenvalue weighted by atomic mass is 10.2. The summed E-state index contributed by atoms with van der Waals surface area (Å²) in [6.45, 7) is 2.41. The molecule has 0 bridgehead atoms. The van der Waals surface area contributed by atoms with E-state index in [2.05, 4.69) is 22.0 Å². The van der Waals surface area contributed by atoms with Gasteiger partial charge in [-0.2, -0.15) is 5.26 Å². The van der Waals surface area contributed by atoms with Crippen molar-refractivity contribution in [2.45, 2.75) is 6.92 Å². The van der Waals surface area contributed by atoms with Crippen LogP contribution in [-0.2, 0) is 0 Å². The first-order chi connectivity index (χ1) is 7.95. The fourth-order valence-corrected chi connectivity index (χ4v) is 2.14. The van der Waals surface area contributed by atoms with E-state index in [0.29, 0.717) is 11.0 Å². The van der Waals surface area contributed by atoms with Crippen LogP contribution >= 0.6 is 15.9 Å². The molecule has 1 unspecified atom stereocenters. The molecule has 0 spiro atoms. The van der Waals surface area contributed by atoms with E-state index < -0.39 is 4.92 Å². The van der Waals surface area contributed by atoms with E-state index >= 15 is 0 Å². The van der Waals surface area contributed by atoms with Crippen LogP contribution in [0.3, 0.4) is 0 Å². The molecule has 0 saturated heterocycles. The molecule has 1 rings (SSSR count). The number of nitrogens with zero attached hydrogens (tertiary/aromatic N) is 3. The highest BCUT2D eigenvalue weighted by molar-refractivity contribution is 9.10. The monoisotopic (exact) mass is 297 g/mol. The second-order valence-electron chi connectivity index (χ2n) is 3.80. The average molecular weight is 298 g/mol. The molecule has 90 valence electrons. The van der Waals surface area contributed by atoms with Crippen molar-refractivity contribution in [1.29, 1.82) is 5.26 Å². The number of halogens is 1. The van der Waals surface area contributed by atoms with Gasteiger partial charge in [-0.15, -0.1) is 0 Å². The molecule has 0 fully saturated rings. The van der Waals surface area contributed by atoms with Gasteiger partial charge in [0.05, 0.1) is 22.6 Å². The van der Waals surface area contributed by atoms with Gasteiger partial charge in [0.2, 0.25) is 0 Å². The standard InChI is InChI=1S/C11H12BrN3O2/c1-8(6-13)7-14(2)11-4-3-9(15(16)17)5-10(11)12/h3-5,8H,7H2,1-2H3. The summed E-state index contributed by atoms with van der Waals surface area (Å²) in [5.41, 5.74) is 0.875. The van der Waals surface area contributed by atoms with Crippen molar-refractivity contribution in [3.63, 3.8) is 0 Å². The average Bonchev–Trinajstić information content (AvgIpc) is 2.28. The van der Waals surface area contributed by atoms with Gasteiger partial charge in [0.25, 0.3) is 5.69 Å². The number of nitro groups is 1. The number of nitriles is 1. The maximum absolute atomic E-state index is 10.6. The maximum Gasteiger partial charge on any atom is 0.270 e. The van der Waals surface area contributed by atoms with Gasteiger partial charge in [0.15, 0.2) is 0 Å². The topological polar surface area (TPSA) is 70.2 Å². The summed E-state index contributed by atoms with van der Waals surface area (Å²) in [5.74, 6) is -0.0953. The summed E-state index contributed by atoms with van der Waals surface area (Å²) in [4.78, 5) is 12.0. The number of rotatable bonds is 4. The minimum Gasteiger partial charge on any atom is -0.372 e. The Bertz CT molecular complexity index is 470. The van der Waals surface area contributed by atoms with E-state index in [1.54, 1.807) is 6.07 Å². The predicted molar refractivity (Wildman–Crippen MR) is 68.8 cm³/mol. The first-order valence-electron chi connectivity index (χ1n) is 5.00. The van der Waals surface area contributed by atoms with Crippen LogP contribution in [0.25, 0.3) is 0 Å². The molecule has 0 aromatic heterocycles. The lowest BCUT2D eigenvalue weighted by molar-refractivity contribution is -0.384. The highest BCUT2D eigenvalue weighted by atomic mass is 79.9. The fraction of sp³-hybridized carbons (Fsp3) is 0.364. The van der Waals surface area contributed by atoms with Gasteiger partial charge < -0.3 is 4.90 Å². The summed E-state index contributed by atoms with van der Waals surface area (Å²) in [6.07, 6.45) is 0. The lowest BCUT2D eigenvalue weighted by Crippen LogP contribution is -2.23. The molecule has 17 heavy (non-hydrogen) atoms. The number of hydrogen-bond donors (Lipinski definition) is 0. The number of benzene rings is 1. The number of hydrogen-bond acceptors (Lipinski definition) is 4. The Morgan fingerprint density at radius 2 is 2.29 bits per heavy atom. The third kappa shape index (κ3) is 3.43. The van der Waals surface area contributed by atoms with Gasteiger partial charge in [0, 0.05) is 30.2 Å². The molecule has 0 amide bonds. The Labute approximate surface area is 108 Å². The summed E-state index contributed by atoms with van der Waals surface area (Å²) in [6, 6.07) is 6.74. The Morgan fingerprint density at radius 1 is 1.65 bits per heavy atom. The van der Waals surface area contributed by atoms with E-state index in [1.807, 2.05) is 18.9 Å². The van der Waals surface area contributed by atoms with E-state index in [4.69, 9.17) is 5.26 Å². The van der Waals surface area contributed by atoms with Crippen LogP contribution in [-0.4, -0.2) is 18.5 Å². The van der Waals surface area contributed by atoms with Gasteiger partial charge >= 0.3 is 0 Å². The molecule has 6 heteroatoms. The van der Waals surface area contributed by atoms with Crippen molar-refractivity contribution in [2.75, 3.05) is 18.5 Å². The Balaban J connectivity index is 2.93. The van der Waals surface area contributed by atoms with Crippen LogP contribution in [0, 0.1) is 27.4 Å². The zero-order chi connectivity index (χ0) is 13.0. The van der Waals surface area contributed by atoms with Crippen LogP contribution in [0.4, 0.5) is 11.4 Å². The Morgan fingerprint density at radius 3 is 2.76 bits per heavy atom. The summed E-state index contributed by atoms with van der Waals surface area (Å²) >= 11 is 3.30. The molecule has 0 aliphatic heterocycles. The molecule has 0 N–H and O–H groups in total. The van der Waals surface area contributed by atoms with Crippen molar-refractivity contribution in [1.82, 2.24) is 0 Å². The van der Waals surface area contributed by atoms with Crippen LogP contribution < -0.4 is 4.90 Å². The van der Waals surface area contributed by atoms with Gasteiger partial charge in [-0.3, -0.25) is 10.1 Å². The lowest BCUT2D eigenvalue weighted by Gasteiger charge is -2.21. The molecule has 0 saturated carbocycles. The van der Waals surface area contributed by atoms with Crippen molar-refractivity contribution < 1.29 is 4.92 Å². The molecular weight excluding hydrogens is 286 g/mol. The summed E-state index contributed by atoms with van der Waals surface area (Å²) in [7, 11) is 1.85. The van der Waals surface area contributed by atoms with Crippen LogP contribution in [0.1, 0.15) is 6.92 Å². The summed E-state index contributed by atoms with van der Waals surface area (Å²) in [5, 5.41) is 19.3. The van der Waals surface area contributed by atoms with Crippen molar-refractivity contribution in [3.8, 4) is 6.07 Å². The smallest absolute Gasteiger partial charge is 0.270 e. The second kappa shape index (κ2) is 5.64. The molecule has 0 heterocycles. The number of nitro benzene ring substituents is 1. The predicted octanol–water partition coefficient (Wildman–Crippen LogP) is 2.95. The van der Waals surface area contributed by atoms with E-state index in [1.165, 1.54) is 12.1 Å². The SMILES string of the molecule is CC(C#N)CN(C)c1ccc([N+](=O)[O-])cc1Br. The number of anilines is 1. The summed E-state index contributed by atoms with van der Waals surface area (Å²) < 4.78 is 0.652. The van der Waals surface area contributed by atoms with Crippen molar-refractivity contribution in [3.05, 3.63) is 32.8 Å². The van der Waals surface area contributed by atoms with Crippen LogP contribution in [0.15, 0.2) is 22.7 Å². The van der Waals surface area contributed by atoms with E-state index in [0.717, 1.165) is 5.69 Å². The molecule has 1 atom stereocenters. The molecule has 1 aromatic rings. The van der Waals surface area contributed by atoms with Gasteiger partial charge in [-0.1, -0.05) is 0 Å². The largest absolute Gasteiger partial charge is 0.372 e. The first-order valence-corrected chi connectivity index (χ1v) is 5.79. The third-order valence-electron chi connectivity index (χ3n) is 2.32. The molecule has 0 aliphatic carbocycles. The van der Waals surface area contributed by atoms with Crippen molar-refractivity contribution >= 4 is 27.3 Å². The van der Waals surface area contributed by atoms with E-state index in [9.17, 15) is 10.1 Å². The minimum atomic E-state index is -0.438. The maximum atomic E-state index is 10.6. The van der Waals surface area contributed by atoms with Crippen LogP contribution in [0.5, 0.6) is 0 Å². The number of non-ortho nitro benzene ring substituents is 1. The molecule has 5 nitrogen and oxygen atoms in total. The normalized spacial score (nSPS) is 11.6. The zero-order valence-electron chi connectivity index (χ0n) is 9.55. The Hall–Kier alpha value is -1.61. The second-order valence-corrected chi connectivity index (χ2v) is 4.66. The van der Waals surface area contributed by atoms with Gasteiger partial charge in [-0.05, 0) is 28.9 Å². The highest BCUT2D eigenvalue weighted by Gasteiger charge is 2.13. The highest BCUT2D eigenvalue weighted by Crippen LogP contribution is 2.29. The van der Waals surface area contributed by atoms with E-state index in [-0.39, 0.29) is 11.6 Å². The van der Waals surface area contributed by atoms with Crippen LogP contribution in [0.2, 0.25) is 0 Å². The Kier molecular flexibility index (Phi) is 4.46.